The Hall–Kier alpha value is -1.72. The Morgan fingerprint density at radius 3 is 2.37 bits per heavy atom. The lowest BCUT2D eigenvalue weighted by molar-refractivity contribution is -0.192. The second kappa shape index (κ2) is 10.1. The third-order valence-electron chi connectivity index (χ3n) is 5.97. The summed E-state index contributed by atoms with van der Waals surface area (Å²) >= 11 is 0. The van der Waals surface area contributed by atoms with Crippen molar-refractivity contribution >= 4 is 17.7 Å². The lowest BCUT2D eigenvalue weighted by Gasteiger charge is -2.28. The van der Waals surface area contributed by atoms with Gasteiger partial charge in [0.2, 0.25) is 0 Å². The molecule has 3 atom stereocenters. The van der Waals surface area contributed by atoms with Crippen LogP contribution < -0.4 is 0 Å². The summed E-state index contributed by atoms with van der Waals surface area (Å²) in [6, 6.07) is 0. The number of rotatable bonds is 7. The summed E-state index contributed by atoms with van der Waals surface area (Å²) in [5.41, 5.74) is -0.494. The molecule has 2 fully saturated rings. The number of amides is 1. The van der Waals surface area contributed by atoms with Crippen LogP contribution >= 0.6 is 0 Å². The molecule has 30 heavy (non-hydrogen) atoms. The molecule has 172 valence electrons. The van der Waals surface area contributed by atoms with Crippen LogP contribution in [0, 0.1) is 11.8 Å². The Morgan fingerprint density at radius 2 is 1.83 bits per heavy atom. The minimum absolute atomic E-state index is 0.215. The molecule has 0 bridgehead atoms. The van der Waals surface area contributed by atoms with E-state index in [9.17, 15) is 18.0 Å². The van der Waals surface area contributed by atoms with Crippen molar-refractivity contribution < 1.29 is 37.3 Å². The van der Waals surface area contributed by atoms with E-state index in [1.807, 2.05) is 4.90 Å². The number of aliphatic imine (C=N–C) groups is 1. The Morgan fingerprint density at radius 1 is 1.23 bits per heavy atom. The summed E-state index contributed by atoms with van der Waals surface area (Å²) in [4.78, 5) is 31.4. The van der Waals surface area contributed by atoms with Gasteiger partial charge in [0.05, 0.1) is 19.8 Å². The zero-order chi connectivity index (χ0) is 22.5. The minimum atomic E-state index is -5.08. The molecule has 0 aromatic heterocycles. The average molecular weight is 437 g/mol. The van der Waals surface area contributed by atoms with Gasteiger partial charge in [0, 0.05) is 46.2 Å². The predicted octanol–water partition coefficient (Wildman–Crippen LogP) is 1.64. The number of halogens is 3. The van der Waals surface area contributed by atoms with Gasteiger partial charge in [-0.3, -0.25) is 14.7 Å². The first-order valence-corrected chi connectivity index (χ1v) is 10.0. The van der Waals surface area contributed by atoms with Gasteiger partial charge in [-0.1, -0.05) is 6.92 Å². The van der Waals surface area contributed by atoms with Gasteiger partial charge in [0.1, 0.15) is 11.4 Å². The molecule has 8 nitrogen and oxygen atoms in total. The van der Waals surface area contributed by atoms with Crippen molar-refractivity contribution in [2.75, 3.05) is 53.6 Å². The first-order valence-electron chi connectivity index (χ1n) is 10.0. The third-order valence-corrected chi connectivity index (χ3v) is 5.97. The van der Waals surface area contributed by atoms with E-state index >= 15 is 0 Å². The van der Waals surface area contributed by atoms with E-state index in [2.05, 4.69) is 11.8 Å². The highest BCUT2D eigenvalue weighted by molar-refractivity contribution is 6.08. The molecule has 3 aliphatic rings. The monoisotopic (exact) mass is 437 g/mol. The van der Waals surface area contributed by atoms with Crippen molar-refractivity contribution in [2.24, 2.45) is 16.8 Å². The number of carboxylic acids is 1. The average Bonchev–Trinajstić information content (AvgIpc) is 3.32. The predicted molar refractivity (Wildman–Crippen MR) is 102 cm³/mol. The molecule has 0 aromatic rings. The number of carbonyl (C=O) groups excluding carboxylic acids is 1. The minimum Gasteiger partial charge on any atom is -0.475 e. The Balaban J connectivity index is 0.000000396. The van der Waals surface area contributed by atoms with Crippen LogP contribution in [-0.4, -0.2) is 97.9 Å². The molecule has 2 heterocycles. The zero-order valence-corrected chi connectivity index (χ0v) is 17.6. The van der Waals surface area contributed by atoms with E-state index in [1.165, 1.54) is 0 Å². The highest BCUT2D eigenvalue weighted by Crippen LogP contribution is 2.50. The number of alkyl halides is 3. The Bertz CT molecular complexity index is 658. The van der Waals surface area contributed by atoms with Gasteiger partial charge in [-0.15, -0.1) is 0 Å². The number of hydrogen-bond acceptors (Lipinski definition) is 6. The van der Waals surface area contributed by atoms with E-state index in [0.29, 0.717) is 25.0 Å². The molecule has 1 saturated carbocycles. The highest BCUT2D eigenvalue weighted by atomic mass is 19.4. The number of nitrogens with zero attached hydrogens (tertiary/aromatic N) is 3. The standard InChI is InChI=1S/C17H29N3O3.C2HF3O2/c1-4-15-18-17(16(21)20(15)8-10-23-3)6-5-13-11-19(7-9-22-2)12-14(13)17;3-2(4,5)1(6)7/h13-14H,4-12H2,1-3H3;(H,6,7)/t13-,14+,17-;/m1./s1. The Kier molecular flexibility index (Phi) is 8.23. The van der Waals surface area contributed by atoms with Crippen molar-refractivity contribution in [3.05, 3.63) is 0 Å². The molecule has 0 unspecified atom stereocenters. The molecule has 0 radical (unpaired) electrons. The van der Waals surface area contributed by atoms with E-state index < -0.39 is 17.7 Å². The van der Waals surface area contributed by atoms with Gasteiger partial charge < -0.3 is 19.5 Å². The molecule has 2 aliphatic heterocycles. The zero-order valence-electron chi connectivity index (χ0n) is 17.6. The van der Waals surface area contributed by atoms with Crippen LogP contribution in [0.4, 0.5) is 13.2 Å². The summed E-state index contributed by atoms with van der Waals surface area (Å²) in [7, 11) is 3.42. The van der Waals surface area contributed by atoms with E-state index in [0.717, 1.165) is 51.3 Å². The van der Waals surface area contributed by atoms with Crippen LogP contribution in [0.1, 0.15) is 26.2 Å². The number of carbonyl (C=O) groups is 2. The summed E-state index contributed by atoms with van der Waals surface area (Å²) in [5, 5.41) is 7.12. The summed E-state index contributed by atoms with van der Waals surface area (Å²) in [5.74, 6) is -0.635. The molecular weight excluding hydrogens is 407 g/mol. The lowest BCUT2D eigenvalue weighted by atomic mass is 9.85. The normalized spacial score (nSPS) is 28.5. The van der Waals surface area contributed by atoms with Gasteiger partial charge in [-0.2, -0.15) is 13.2 Å². The van der Waals surface area contributed by atoms with Crippen molar-refractivity contribution in [1.29, 1.82) is 0 Å². The molecular formula is C19H30F3N3O5. The van der Waals surface area contributed by atoms with Crippen LogP contribution in [-0.2, 0) is 19.1 Å². The maximum Gasteiger partial charge on any atom is 0.490 e. The molecule has 1 aliphatic carbocycles. The fourth-order valence-electron chi connectivity index (χ4n) is 4.56. The maximum absolute atomic E-state index is 13.2. The quantitative estimate of drug-likeness (QED) is 0.651. The molecule has 1 amide bonds. The third kappa shape index (κ3) is 5.12. The summed E-state index contributed by atoms with van der Waals surface area (Å²) in [6.07, 6.45) is -2.26. The number of likely N-dealkylation sites (tertiary alicyclic amines) is 1. The van der Waals surface area contributed by atoms with Crippen LogP contribution in [0.5, 0.6) is 0 Å². The smallest absolute Gasteiger partial charge is 0.475 e. The van der Waals surface area contributed by atoms with Crippen LogP contribution in [0.2, 0.25) is 0 Å². The van der Waals surface area contributed by atoms with Gasteiger partial charge in [-0.05, 0) is 18.8 Å². The SMILES string of the molecule is CCC1=N[C@@]2(CC[C@@H]3CN(CCOC)C[C@@H]32)C(=O)N1CCOC.O=C(O)C(F)(F)F. The van der Waals surface area contributed by atoms with Gasteiger partial charge in [-0.25, -0.2) is 4.79 Å². The van der Waals surface area contributed by atoms with Crippen LogP contribution in [0.25, 0.3) is 0 Å². The van der Waals surface area contributed by atoms with Crippen molar-refractivity contribution in [3.63, 3.8) is 0 Å². The van der Waals surface area contributed by atoms with E-state index in [1.54, 1.807) is 14.2 Å². The number of methoxy groups -OCH3 is 2. The number of aliphatic carboxylic acids is 1. The fraction of sp³-hybridized carbons (Fsp3) is 0.842. The molecule has 1 spiro atoms. The summed E-state index contributed by atoms with van der Waals surface area (Å²) in [6.45, 7) is 7.02. The number of carboxylic acid groups (broad SMARTS) is 1. The van der Waals surface area contributed by atoms with Gasteiger partial charge in [0.25, 0.3) is 5.91 Å². The highest BCUT2D eigenvalue weighted by Gasteiger charge is 2.60. The molecule has 1 N–H and O–H groups in total. The lowest BCUT2D eigenvalue weighted by Crippen LogP contribution is -2.47. The van der Waals surface area contributed by atoms with Crippen LogP contribution in [0.3, 0.4) is 0 Å². The van der Waals surface area contributed by atoms with Gasteiger partial charge in [0.15, 0.2) is 0 Å². The van der Waals surface area contributed by atoms with E-state index in [4.69, 9.17) is 24.4 Å². The fourth-order valence-corrected chi connectivity index (χ4v) is 4.56. The Labute approximate surface area is 174 Å². The first-order chi connectivity index (χ1) is 14.1. The number of amidine groups is 1. The van der Waals surface area contributed by atoms with Crippen molar-refractivity contribution in [2.45, 2.75) is 37.9 Å². The van der Waals surface area contributed by atoms with Gasteiger partial charge >= 0.3 is 12.1 Å². The largest absolute Gasteiger partial charge is 0.490 e. The number of ether oxygens (including phenoxy) is 2. The second-order valence-electron chi connectivity index (χ2n) is 7.72. The summed E-state index contributed by atoms with van der Waals surface area (Å²) < 4.78 is 42.1. The molecule has 0 aromatic carbocycles. The number of fused-ring (bicyclic) bond motifs is 2. The number of hydrogen-bond donors (Lipinski definition) is 1. The second-order valence-corrected chi connectivity index (χ2v) is 7.72. The van der Waals surface area contributed by atoms with Crippen molar-refractivity contribution in [1.82, 2.24) is 9.80 Å². The molecule has 1 saturated heterocycles. The topological polar surface area (TPSA) is 91.7 Å². The maximum atomic E-state index is 13.2. The van der Waals surface area contributed by atoms with E-state index in [-0.39, 0.29) is 5.91 Å². The first kappa shape index (κ1) is 24.5. The van der Waals surface area contributed by atoms with Crippen molar-refractivity contribution in [3.8, 4) is 0 Å². The molecule has 11 heteroatoms. The van der Waals surface area contributed by atoms with Crippen LogP contribution in [0.15, 0.2) is 4.99 Å². The molecule has 3 rings (SSSR count).